The van der Waals surface area contributed by atoms with E-state index >= 15 is 0 Å². The van der Waals surface area contributed by atoms with E-state index in [4.69, 9.17) is 4.74 Å². The summed E-state index contributed by atoms with van der Waals surface area (Å²) in [5.74, 6) is 0. The summed E-state index contributed by atoms with van der Waals surface area (Å²) in [4.78, 5) is 0. The first-order valence-corrected chi connectivity index (χ1v) is 4.55. The number of aliphatic hydroxyl groups excluding tert-OH is 1. The number of aryl methyl sites for hydroxylation is 1. The van der Waals surface area contributed by atoms with Gasteiger partial charge in [0.1, 0.15) is 6.04 Å². The Hall–Kier alpha value is -0.870. The van der Waals surface area contributed by atoms with Gasteiger partial charge in [0.25, 0.3) is 0 Å². The molecule has 1 saturated heterocycles. The quantitative estimate of drug-likeness (QED) is 0.688. The highest BCUT2D eigenvalue weighted by molar-refractivity contribution is 4.97. The lowest BCUT2D eigenvalue weighted by Gasteiger charge is -2.27. The zero-order chi connectivity index (χ0) is 9.26. The molecule has 1 N–H and O–H groups in total. The highest BCUT2D eigenvalue weighted by Crippen LogP contribution is 2.19. The Morgan fingerprint density at radius 3 is 3.15 bits per heavy atom. The lowest BCUT2D eigenvalue weighted by atomic mass is 10.1. The first-order chi connectivity index (χ1) is 6.27. The van der Waals surface area contributed by atoms with Crippen LogP contribution in [-0.4, -0.2) is 34.2 Å². The summed E-state index contributed by atoms with van der Waals surface area (Å²) in [6, 6.07) is 1.92. The van der Waals surface area contributed by atoms with Crippen LogP contribution in [0.4, 0.5) is 0 Å². The molecule has 4 nitrogen and oxygen atoms in total. The molecule has 13 heavy (non-hydrogen) atoms. The number of hydrogen-bond donors (Lipinski definition) is 1. The topological polar surface area (TPSA) is 47.3 Å². The van der Waals surface area contributed by atoms with Crippen molar-refractivity contribution in [2.24, 2.45) is 0 Å². The van der Waals surface area contributed by atoms with Crippen LogP contribution >= 0.6 is 0 Å². The van der Waals surface area contributed by atoms with E-state index in [0.717, 1.165) is 5.69 Å². The molecular formula is C9H14N2O2. The Labute approximate surface area is 77.1 Å². The van der Waals surface area contributed by atoms with Crippen molar-refractivity contribution in [1.29, 1.82) is 0 Å². The first-order valence-electron chi connectivity index (χ1n) is 4.55. The highest BCUT2D eigenvalue weighted by Gasteiger charge is 2.25. The van der Waals surface area contributed by atoms with E-state index in [-0.39, 0.29) is 12.1 Å². The molecule has 2 heterocycles. The van der Waals surface area contributed by atoms with Gasteiger partial charge in [-0.3, -0.25) is 4.68 Å². The van der Waals surface area contributed by atoms with E-state index < -0.39 is 0 Å². The number of aliphatic hydroxyl groups is 1. The maximum absolute atomic E-state index is 9.69. The minimum Gasteiger partial charge on any atom is -0.391 e. The summed E-state index contributed by atoms with van der Waals surface area (Å²) in [5.41, 5.74) is 0.970. The van der Waals surface area contributed by atoms with Gasteiger partial charge < -0.3 is 9.84 Å². The van der Waals surface area contributed by atoms with Gasteiger partial charge in [-0.2, -0.15) is 5.10 Å². The van der Waals surface area contributed by atoms with Crippen molar-refractivity contribution in [3.05, 3.63) is 18.0 Å². The van der Waals surface area contributed by atoms with E-state index in [9.17, 15) is 5.11 Å². The van der Waals surface area contributed by atoms with Gasteiger partial charge in [-0.15, -0.1) is 0 Å². The molecule has 0 radical (unpaired) electrons. The molecular weight excluding hydrogens is 168 g/mol. The van der Waals surface area contributed by atoms with Crippen molar-refractivity contribution in [2.45, 2.75) is 25.5 Å². The van der Waals surface area contributed by atoms with Crippen LogP contribution < -0.4 is 0 Å². The molecule has 0 bridgehead atoms. The summed E-state index contributed by atoms with van der Waals surface area (Å²) in [5, 5.41) is 14.0. The molecule has 2 atom stereocenters. The second-order valence-electron chi connectivity index (χ2n) is 3.44. The smallest absolute Gasteiger partial charge is 0.101 e. The van der Waals surface area contributed by atoms with Crippen LogP contribution in [-0.2, 0) is 4.74 Å². The second kappa shape index (κ2) is 3.47. The summed E-state index contributed by atoms with van der Waals surface area (Å²) >= 11 is 0. The minimum absolute atomic E-state index is 0.0116. The van der Waals surface area contributed by atoms with Crippen LogP contribution in [0.3, 0.4) is 0 Å². The largest absolute Gasteiger partial charge is 0.391 e. The Kier molecular flexibility index (Phi) is 2.33. The maximum Gasteiger partial charge on any atom is 0.101 e. The Morgan fingerprint density at radius 1 is 1.69 bits per heavy atom. The van der Waals surface area contributed by atoms with Crippen molar-refractivity contribution in [3.63, 3.8) is 0 Å². The van der Waals surface area contributed by atoms with Crippen molar-refractivity contribution < 1.29 is 9.84 Å². The zero-order valence-electron chi connectivity index (χ0n) is 7.68. The van der Waals surface area contributed by atoms with Gasteiger partial charge in [0, 0.05) is 12.8 Å². The fraction of sp³-hybridized carbons (Fsp3) is 0.667. The van der Waals surface area contributed by atoms with Gasteiger partial charge in [-0.25, -0.2) is 0 Å². The molecule has 0 aromatic carbocycles. The molecule has 1 fully saturated rings. The van der Waals surface area contributed by atoms with E-state index in [1.54, 1.807) is 4.68 Å². The SMILES string of the molecule is Cc1ccn(C2COCCC2O)n1. The predicted octanol–water partition coefficient (Wildman–Crippen LogP) is 0.514. The summed E-state index contributed by atoms with van der Waals surface area (Å²) < 4.78 is 7.09. The summed E-state index contributed by atoms with van der Waals surface area (Å²) in [7, 11) is 0. The molecule has 0 saturated carbocycles. The van der Waals surface area contributed by atoms with E-state index in [1.165, 1.54) is 0 Å². The molecule has 0 aliphatic carbocycles. The molecule has 0 amide bonds. The molecule has 2 unspecified atom stereocenters. The van der Waals surface area contributed by atoms with Gasteiger partial charge in [-0.1, -0.05) is 0 Å². The third kappa shape index (κ3) is 1.73. The summed E-state index contributed by atoms with van der Waals surface area (Å²) in [6.07, 6.45) is 2.26. The van der Waals surface area contributed by atoms with Crippen molar-refractivity contribution in [3.8, 4) is 0 Å². The number of nitrogens with zero attached hydrogens (tertiary/aromatic N) is 2. The van der Waals surface area contributed by atoms with Crippen LogP contribution in [0.2, 0.25) is 0 Å². The second-order valence-corrected chi connectivity index (χ2v) is 3.44. The average Bonchev–Trinajstić information content (AvgIpc) is 2.53. The highest BCUT2D eigenvalue weighted by atomic mass is 16.5. The minimum atomic E-state index is -0.326. The monoisotopic (exact) mass is 182 g/mol. The van der Waals surface area contributed by atoms with Crippen LogP contribution in [0.1, 0.15) is 18.2 Å². The molecule has 1 aliphatic heterocycles. The van der Waals surface area contributed by atoms with Gasteiger partial charge in [0.15, 0.2) is 0 Å². The Balaban J connectivity index is 2.14. The van der Waals surface area contributed by atoms with E-state index in [2.05, 4.69) is 5.10 Å². The maximum atomic E-state index is 9.69. The predicted molar refractivity (Wildman–Crippen MR) is 47.4 cm³/mol. The molecule has 1 aliphatic rings. The van der Waals surface area contributed by atoms with Crippen molar-refractivity contribution in [1.82, 2.24) is 9.78 Å². The van der Waals surface area contributed by atoms with Gasteiger partial charge in [0.05, 0.1) is 18.4 Å². The van der Waals surface area contributed by atoms with Crippen LogP contribution in [0.5, 0.6) is 0 Å². The number of aromatic nitrogens is 2. The van der Waals surface area contributed by atoms with Crippen LogP contribution in [0, 0.1) is 6.92 Å². The molecule has 1 aromatic rings. The van der Waals surface area contributed by atoms with Crippen LogP contribution in [0.15, 0.2) is 12.3 Å². The molecule has 0 spiro atoms. The van der Waals surface area contributed by atoms with E-state index in [0.29, 0.717) is 19.6 Å². The van der Waals surface area contributed by atoms with Crippen molar-refractivity contribution >= 4 is 0 Å². The molecule has 72 valence electrons. The fourth-order valence-electron chi connectivity index (χ4n) is 1.58. The van der Waals surface area contributed by atoms with Crippen LogP contribution in [0.25, 0.3) is 0 Å². The molecule has 4 heteroatoms. The molecule has 1 aromatic heterocycles. The first kappa shape index (κ1) is 8.72. The Morgan fingerprint density at radius 2 is 2.54 bits per heavy atom. The van der Waals surface area contributed by atoms with Gasteiger partial charge >= 0.3 is 0 Å². The lowest BCUT2D eigenvalue weighted by Crippen LogP contribution is -2.34. The molecule has 2 rings (SSSR count). The zero-order valence-corrected chi connectivity index (χ0v) is 7.68. The number of hydrogen-bond acceptors (Lipinski definition) is 3. The van der Waals surface area contributed by atoms with E-state index in [1.807, 2.05) is 19.2 Å². The lowest BCUT2D eigenvalue weighted by molar-refractivity contribution is -0.0330. The third-order valence-corrected chi connectivity index (χ3v) is 2.37. The third-order valence-electron chi connectivity index (χ3n) is 2.37. The van der Waals surface area contributed by atoms with Gasteiger partial charge in [-0.05, 0) is 19.4 Å². The number of ether oxygens (including phenoxy) is 1. The normalized spacial score (nSPS) is 29.1. The van der Waals surface area contributed by atoms with Crippen molar-refractivity contribution in [2.75, 3.05) is 13.2 Å². The standard InChI is InChI=1S/C9H14N2O2/c1-7-2-4-11(10-7)8-6-13-5-3-9(8)12/h2,4,8-9,12H,3,5-6H2,1H3. The number of rotatable bonds is 1. The average molecular weight is 182 g/mol. The fourth-order valence-corrected chi connectivity index (χ4v) is 1.58. The summed E-state index contributed by atoms with van der Waals surface area (Å²) in [6.45, 7) is 3.15. The Bertz CT molecular complexity index is 285. The van der Waals surface area contributed by atoms with Gasteiger partial charge in [0.2, 0.25) is 0 Å².